The average molecular weight is 300 g/mol. The summed E-state index contributed by atoms with van der Waals surface area (Å²) in [6, 6.07) is 15.7. The topological polar surface area (TPSA) is 32.3 Å². The summed E-state index contributed by atoms with van der Waals surface area (Å²) in [6.45, 7) is 0.529. The van der Waals surface area contributed by atoms with Crippen molar-refractivity contribution in [3.63, 3.8) is 0 Å². The Kier molecular flexibility index (Phi) is 5.67. The summed E-state index contributed by atoms with van der Waals surface area (Å²) in [7, 11) is 3.77. The summed E-state index contributed by atoms with van der Waals surface area (Å²) >= 11 is 0. The number of carbonyl (C=O) groups is 1. The van der Waals surface area contributed by atoms with Gasteiger partial charge in [-0.05, 0) is 43.8 Å². The van der Waals surface area contributed by atoms with E-state index < -0.39 is 0 Å². The van der Waals surface area contributed by atoms with Crippen molar-refractivity contribution in [1.29, 1.82) is 0 Å². The molecule has 0 aliphatic carbocycles. The molecule has 0 spiro atoms. The van der Waals surface area contributed by atoms with Crippen LogP contribution in [0.3, 0.4) is 0 Å². The van der Waals surface area contributed by atoms with Gasteiger partial charge in [-0.3, -0.25) is 9.69 Å². The molecule has 2 aromatic rings. The van der Waals surface area contributed by atoms with Crippen LogP contribution < -0.4 is 5.32 Å². The van der Waals surface area contributed by atoms with Gasteiger partial charge in [-0.2, -0.15) is 0 Å². The molecule has 0 saturated carbocycles. The van der Waals surface area contributed by atoms with E-state index in [2.05, 4.69) is 5.32 Å². The third kappa shape index (κ3) is 4.40. The predicted octanol–water partition coefficient (Wildman–Crippen LogP) is 2.79. The monoisotopic (exact) mass is 300 g/mol. The van der Waals surface area contributed by atoms with Crippen LogP contribution >= 0.6 is 0 Å². The van der Waals surface area contributed by atoms with Crippen LogP contribution in [-0.4, -0.2) is 31.4 Å². The molecule has 1 unspecified atom stereocenters. The smallest absolute Gasteiger partial charge is 0.241 e. The second kappa shape index (κ2) is 7.71. The van der Waals surface area contributed by atoms with Crippen molar-refractivity contribution in [1.82, 2.24) is 10.2 Å². The van der Waals surface area contributed by atoms with Crippen LogP contribution in [0.1, 0.15) is 17.2 Å². The molecule has 2 rings (SSSR count). The minimum atomic E-state index is -0.311. The Balaban J connectivity index is 1.93. The summed E-state index contributed by atoms with van der Waals surface area (Å²) in [6.07, 6.45) is 0.682. The molecule has 1 amide bonds. The molecule has 116 valence electrons. The zero-order valence-corrected chi connectivity index (χ0v) is 12.9. The Bertz CT molecular complexity index is 596. The zero-order chi connectivity index (χ0) is 15.9. The van der Waals surface area contributed by atoms with Gasteiger partial charge in [0.25, 0.3) is 0 Å². The van der Waals surface area contributed by atoms with Gasteiger partial charge >= 0.3 is 0 Å². The summed E-state index contributed by atoms with van der Waals surface area (Å²) in [5.74, 6) is -0.275. The number of benzene rings is 2. The average Bonchev–Trinajstić information content (AvgIpc) is 2.50. The van der Waals surface area contributed by atoms with Crippen LogP contribution in [0.5, 0.6) is 0 Å². The van der Waals surface area contributed by atoms with Gasteiger partial charge in [0.1, 0.15) is 11.9 Å². The van der Waals surface area contributed by atoms with E-state index in [4.69, 9.17) is 0 Å². The van der Waals surface area contributed by atoms with Crippen LogP contribution in [-0.2, 0) is 11.2 Å². The predicted molar refractivity (Wildman–Crippen MR) is 86.0 cm³/mol. The van der Waals surface area contributed by atoms with Crippen LogP contribution in [0.15, 0.2) is 54.6 Å². The Morgan fingerprint density at radius 3 is 2.32 bits per heavy atom. The molecular formula is C18H21FN2O. The number of likely N-dealkylation sites (N-methyl/N-ethyl adjacent to an activating group) is 1. The quantitative estimate of drug-likeness (QED) is 0.889. The van der Waals surface area contributed by atoms with Crippen molar-refractivity contribution >= 4 is 5.91 Å². The van der Waals surface area contributed by atoms with Crippen molar-refractivity contribution in [2.45, 2.75) is 12.5 Å². The van der Waals surface area contributed by atoms with E-state index in [9.17, 15) is 9.18 Å². The van der Waals surface area contributed by atoms with Gasteiger partial charge < -0.3 is 5.32 Å². The number of hydrogen-bond acceptors (Lipinski definition) is 2. The summed E-state index contributed by atoms with van der Waals surface area (Å²) in [5.41, 5.74) is 1.97. The van der Waals surface area contributed by atoms with E-state index in [0.717, 1.165) is 11.1 Å². The van der Waals surface area contributed by atoms with Crippen LogP contribution in [0.2, 0.25) is 0 Å². The first-order valence-electron chi connectivity index (χ1n) is 7.31. The van der Waals surface area contributed by atoms with E-state index in [1.807, 2.05) is 49.3 Å². The van der Waals surface area contributed by atoms with E-state index in [0.29, 0.717) is 13.0 Å². The number of nitrogens with zero attached hydrogens (tertiary/aromatic N) is 1. The molecule has 0 saturated heterocycles. The molecule has 0 bridgehead atoms. The maximum atomic E-state index is 12.8. The molecule has 3 nitrogen and oxygen atoms in total. The molecule has 0 aliphatic heterocycles. The molecule has 22 heavy (non-hydrogen) atoms. The Morgan fingerprint density at radius 1 is 1.09 bits per heavy atom. The van der Waals surface area contributed by atoms with Gasteiger partial charge in [0.05, 0.1) is 0 Å². The molecule has 0 aromatic heterocycles. The van der Waals surface area contributed by atoms with E-state index in [1.165, 1.54) is 12.1 Å². The van der Waals surface area contributed by atoms with Crippen molar-refractivity contribution in [2.75, 3.05) is 20.6 Å². The Labute approximate surface area is 130 Å². The standard InChI is InChI=1S/C18H21FN2O/c1-21(2)17(15-6-4-3-5-7-15)18(22)20-13-12-14-8-10-16(19)11-9-14/h3-11,17H,12-13H2,1-2H3,(H,20,22). The molecule has 0 fully saturated rings. The highest BCUT2D eigenvalue weighted by Crippen LogP contribution is 2.17. The van der Waals surface area contributed by atoms with Gasteiger partial charge in [-0.15, -0.1) is 0 Å². The second-order valence-electron chi connectivity index (χ2n) is 5.44. The fourth-order valence-corrected chi connectivity index (χ4v) is 2.40. The van der Waals surface area contributed by atoms with Gasteiger partial charge in [0, 0.05) is 6.54 Å². The molecule has 0 radical (unpaired) electrons. The van der Waals surface area contributed by atoms with Gasteiger partial charge in [0.2, 0.25) is 5.91 Å². The molecule has 1 N–H and O–H groups in total. The van der Waals surface area contributed by atoms with Gasteiger partial charge in [0.15, 0.2) is 0 Å². The number of carbonyl (C=O) groups excluding carboxylic acids is 1. The van der Waals surface area contributed by atoms with Crippen LogP contribution in [0.25, 0.3) is 0 Å². The Morgan fingerprint density at radius 2 is 1.73 bits per heavy atom. The van der Waals surface area contributed by atoms with Crippen molar-refractivity contribution < 1.29 is 9.18 Å². The second-order valence-corrected chi connectivity index (χ2v) is 5.44. The number of halogens is 1. The van der Waals surface area contributed by atoms with Crippen molar-refractivity contribution in [2.24, 2.45) is 0 Å². The van der Waals surface area contributed by atoms with E-state index in [-0.39, 0.29) is 17.8 Å². The molecular weight excluding hydrogens is 279 g/mol. The fraction of sp³-hybridized carbons (Fsp3) is 0.278. The van der Waals surface area contributed by atoms with Gasteiger partial charge in [-0.25, -0.2) is 4.39 Å². The molecule has 1 atom stereocenters. The van der Waals surface area contributed by atoms with Crippen molar-refractivity contribution in [3.8, 4) is 0 Å². The highest BCUT2D eigenvalue weighted by molar-refractivity contribution is 5.83. The fourth-order valence-electron chi connectivity index (χ4n) is 2.40. The zero-order valence-electron chi connectivity index (χ0n) is 12.9. The van der Waals surface area contributed by atoms with Crippen molar-refractivity contribution in [3.05, 3.63) is 71.5 Å². The van der Waals surface area contributed by atoms with Crippen LogP contribution in [0.4, 0.5) is 4.39 Å². The first-order chi connectivity index (χ1) is 10.6. The third-order valence-corrected chi connectivity index (χ3v) is 3.51. The summed E-state index contributed by atoms with van der Waals surface area (Å²) < 4.78 is 12.8. The maximum absolute atomic E-state index is 12.8. The number of rotatable bonds is 6. The highest BCUT2D eigenvalue weighted by atomic mass is 19.1. The summed E-state index contributed by atoms with van der Waals surface area (Å²) in [5, 5.41) is 2.95. The minimum Gasteiger partial charge on any atom is -0.354 e. The molecule has 0 aliphatic rings. The lowest BCUT2D eigenvalue weighted by atomic mass is 10.1. The van der Waals surface area contributed by atoms with E-state index >= 15 is 0 Å². The third-order valence-electron chi connectivity index (χ3n) is 3.51. The Hall–Kier alpha value is -2.20. The first kappa shape index (κ1) is 16.2. The van der Waals surface area contributed by atoms with E-state index in [1.54, 1.807) is 12.1 Å². The normalized spacial score (nSPS) is 12.2. The SMILES string of the molecule is CN(C)C(C(=O)NCCc1ccc(F)cc1)c1ccccc1. The minimum absolute atomic E-state index is 0.0293. The van der Waals surface area contributed by atoms with Gasteiger partial charge in [-0.1, -0.05) is 42.5 Å². The molecule has 4 heteroatoms. The number of nitrogens with one attached hydrogen (secondary N) is 1. The number of hydrogen-bond donors (Lipinski definition) is 1. The largest absolute Gasteiger partial charge is 0.354 e. The number of amides is 1. The van der Waals surface area contributed by atoms with Crippen LogP contribution in [0, 0.1) is 5.82 Å². The maximum Gasteiger partial charge on any atom is 0.241 e. The lowest BCUT2D eigenvalue weighted by molar-refractivity contribution is -0.125. The lowest BCUT2D eigenvalue weighted by Gasteiger charge is -2.23. The summed E-state index contributed by atoms with van der Waals surface area (Å²) in [4.78, 5) is 14.3. The molecule has 0 heterocycles. The lowest BCUT2D eigenvalue weighted by Crippen LogP contribution is -2.37. The first-order valence-corrected chi connectivity index (χ1v) is 7.31. The molecule has 2 aromatic carbocycles. The highest BCUT2D eigenvalue weighted by Gasteiger charge is 2.21.